The normalized spacial score (nSPS) is 10.7. The van der Waals surface area contributed by atoms with E-state index in [9.17, 15) is 4.79 Å². The van der Waals surface area contributed by atoms with E-state index in [1.807, 2.05) is 66.3 Å². The number of aryl methyl sites for hydroxylation is 1. The van der Waals surface area contributed by atoms with Crippen molar-refractivity contribution < 1.29 is 4.79 Å². The molecule has 0 atom stereocenters. The Kier molecular flexibility index (Phi) is 4.07. The quantitative estimate of drug-likeness (QED) is 0.615. The fourth-order valence-corrected chi connectivity index (χ4v) is 2.79. The van der Waals surface area contributed by atoms with Gasteiger partial charge in [-0.1, -0.05) is 6.07 Å². The maximum atomic E-state index is 12.8. The topological polar surface area (TPSA) is 64.7 Å². The fourth-order valence-electron chi connectivity index (χ4n) is 2.79. The van der Waals surface area contributed by atoms with Crippen LogP contribution in [0.2, 0.25) is 0 Å². The summed E-state index contributed by atoms with van der Waals surface area (Å²) in [5.41, 5.74) is 3.25. The molecular formula is C20H17N5O. The van der Waals surface area contributed by atoms with Crippen LogP contribution in [0.1, 0.15) is 15.9 Å². The number of aromatic nitrogens is 4. The largest absolute Gasteiger partial charge is 0.324 e. The first-order valence-electron chi connectivity index (χ1n) is 8.23. The van der Waals surface area contributed by atoms with Crippen LogP contribution in [-0.2, 0) is 0 Å². The number of carbonyl (C=O) groups excluding carboxylic acids is 1. The first kappa shape index (κ1) is 15.8. The summed E-state index contributed by atoms with van der Waals surface area (Å²) in [4.78, 5) is 17.1. The zero-order valence-corrected chi connectivity index (χ0v) is 14.2. The Morgan fingerprint density at radius 3 is 2.62 bits per heavy atom. The van der Waals surface area contributed by atoms with E-state index < -0.39 is 0 Å². The molecule has 6 heteroatoms. The lowest BCUT2D eigenvalue weighted by atomic mass is 10.1. The minimum Gasteiger partial charge on any atom is -0.324 e. The van der Waals surface area contributed by atoms with Gasteiger partial charge in [0, 0.05) is 42.2 Å². The average Bonchev–Trinajstić information content (AvgIpc) is 3.36. The Bertz CT molecular complexity index is 1040. The molecule has 128 valence electrons. The average molecular weight is 343 g/mol. The van der Waals surface area contributed by atoms with Crippen LogP contribution in [0.15, 0.2) is 79.5 Å². The molecule has 4 aromatic rings. The molecule has 1 aromatic carbocycles. The van der Waals surface area contributed by atoms with Crippen LogP contribution in [0.25, 0.3) is 11.5 Å². The van der Waals surface area contributed by atoms with E-state index in [1.165, 1.54) is 0 Å². The van der Waals surface area contributed by atoms with Gasteiger partial charge in [-0.2, -0.15) is 5.10 Å². The van der Waals surface area contributed by atoms with E-state index in [4.69, 9.17) is 0 Å². The van der Waals surface area contributed by atoms with E-state index >= 15 is 0 Å². The Morgan fingerprint density at radius 1 is 1.00 bits per heavy atom. The van der Waals surface area contributed by atoms with Gasteiger partial charge >= 0.3 is 0 Å². The summed E-state index contributed by atoms with van der Waals surface area (Å²) in [6.45, 7) is 2.02. The number of hydrogen-bond acceptors (Lipinski definition) is 3. The van der Waals surface area contributed by atoms with Gasteiger partial charge in [-0.15, -0.1) is 0 Å². The standard InChI is InChI=1S/C20H17N5O/c1-15-7-8-16(14-18(15)24-11-2-3-12-24)20(26)23-17-6-4-9-21-19(17)25-13-5-10-22-25/h2-14H,1H3,(H,23,26). The Labute approximate surface area is 150 Å². The number of carbonyl (C=O) groups is 1. The molecule has 0 aliphatic carbocycles. The van der Waals surface area contributed by atoms with E-state index in [0.29, 0.717) is 17.1 Å². The van der Waals surface area contributed by atoms with Gasteiger partial charge in [-0.3, -0.25) is 4.79 Å². The minimum atomic E-state index is -0.195. The number of nitrogens with one attached hydrogen (secondary N) is 1. The Morgan fingerprint density at radius 2 is 1.85 bits per heavy atom. The molecular weight excluding hydrogens is 326 g/mol. The maximum absolute atomic E-state index is 12.8. The first-order valence-corrected chi connectivity index (χ1v) is 8.23. The highest BCUT2D eigenvalue weighted by Gasteiger charge is 2.13. The number of benzene rings is 1. The lowest BCUT2D eigenvalue weighted by Gasteiger charge is -2.12. The number of nitrogens with zero attached hydrogens (tertiary/aromatic N) is 4. The second-order valence-corrected chi connectivity index (χ2v) is 5.87. The van der Waals surface area contributed by atoms with Crippen LogP contribution in [0.5, 0.6) is 0 Å². The first-order chi connectivity index (χ1) is 12.7. The van der Waals surface area contributed by atoms with Crippen LogP contribution in [0, 0.1) is 6.92 Å². The van der Waals surface area contributed by atoms with Gasteiger partial charge < -0.3 is 9.88 Å². The summed E-state index contributed by atoms with van der Waals surface area (Å²) in [7, 11) is 0. The molecule has 26 heavy (non-hydrogen) atoms. The molecule has 0 bridgehead atoms. The molecule has 6 nitrogen and oxygen atoms in total. The Hall–Kier alpha value is -3.67. The van der Waals surface area contributed by atoms with Crippen molar-refractivity contribution in [3.63, 3.8) is 0 Å². The van der Waals surface area contributed by atoms with Crippen LogP contribution < -0.4 is 5.32 Å². The predicted molar refractivity (Wildman–Crippen MR) is 99.8 cm³/mol. The summed E-state index contributed by atoms with van der Waals surface area (Å²) < 4.78 is 3.61. The number of rotatable bonds is 4. The van der Waals surface area contributed by atoms with Crippen molar-refractivity contribution in [1.29, 1.82) is 0 Å². The number of hydrogen-bond donors (Lipinski definition) is 1. The molecule has 0 fully saturated rings. The molecule has 0 saturated heterocycles. The third-order valence-electron chi connectivity index (χ3n) is 4.11. The smallest absolute Gasteiger partial charge is 0.255 e. The Balaban J connectivity index is 1.65. The van der Waals surface area contributed by atoms with Crippen molar-refractivity contribution in [1.82, 2.24) is 19.3 Å². The lowest BCUT2D eigenvalue weighted by molar-refractivity contribution is 0.102. The van der Waals surface area contributed by atoms with Crippen LogP contribution in [0.3, 0.4) is 0 Å². The van der Waals surface area contributed by atoms with Gasteiger partial charge in [0.25, 0.3) is 5.91 Å². The number of pyridine rings is 1. The van der Waals surface area contributed by atoms with Crippen molar-refractivity contribution in [2.75, 3.05) is 5.32 Å². The van der Waals surface area contributed by atoms with Crippen LogP contribution in [0.4, 0.5) is 5.69 Å². The van der Waals surface area contributed by atoms with Crippen molar-refractivity contribution in [2.24, 2.45) is 0 Å². The van der Waals surface area contributed by atoms with Gasteiger partial charge in [-0.25, -0.2) is 9.67 Å². The highest BCUT2D eigenvalue weighted by molar-refractivity contribution is 6.05. The van der Waals surface area contributed by atoms with Gasteiger partial charge in [0.05, 0.1) is 5.69 Å². The summed E-state index contributed by atoms with van der Waals surface area (Å²) in [6, 6.07) is 15.0. The van der Waals surface area contributed by atoms with Gasteiger partial charge in [0.2, 0.25) is 0 Å². The molecule has 1 amide bonds. The molecule has 0 unspecified atom stereocenters. The van der Waals surface area contributed by atoms with E-state index in [-0.39, 0.29) is 5.91 Å². The second kappa shape index (κ2) is 6.68. The van der Waals surface area contributed by atoms with Crippen LogP contribution in [-0.4, -0.2) is 25.2 Å². The zero-order chi connectivity index (χ0) is 17.9. The molecule has 3 aromatic heterocycles. The summed E-state index contributed by atoms with van der Waals surface area (Å²) in [5, 5.41) is 7.12. The van der Waals surface area contributed by atoms with Crippen molar-refractivity contribution >= 4 is 11.6 Å². The molecule has 0 spiro atoms. The number of amides is 1. The monoisotopic (exact) mass is 343 g/mol. The molecule has 3 heterocycles. The SMILES string of the molecule is Cc1ccc(C(=O)Nc2cccnc2-n2cccn2)cc1-n1cccc1. The second-order valence-electron chi connectivity index (χ2n) is 5.87. The van der Waals surface area contributed by atoms with Crippen molar-refractivity contribution in [3.05, 3.63) is 90.6 Å². The summed E-state index contributed by atoms with van der Waals surface area (Å²) in [5.74, 6) is 0.378. The zero-order valence-electron chi connectivity index (χ0n) is 14.2. The molecule has 0 saturated carbocycles. The summed E-state index contributed by atoms with van der Waals surface area (Å²) in [6.07, 6.45) is 9.04. The van der Waals surface area contributed by atoms with E-state index in [2.05, 4.69) is 15.4 Å². The van der Waals surface area contributed by atoms with Crippen molar-refractivity contribution in [2.45, 2.75) is 6.92 Å². The lowest BCUT2D eigenvalue weighted by Crippen LogP contribution is -2.15. The van der Waals surface area contributed by atoms with E-state index in [0.717, 1.165) is 11.3 Å². The molecule has 0 radical (unpaired) electrons. The third kappa shape index (κ3) is 3.00. The van der Waals surface area contributed by atoms with E-state index in [1.54, 1.807) is 29.3 Å². The molecule has 0 aliphatic rings. The molecule has 1 N–H and O–H groups in total. The van der Waals surface area contributed by atoms with Gasteiger partial charge in [0.1, 0.15) is 0 Å². The number of anilines is 1. The minimum absolute atomic E-state index is 0.195. The van der Waals surface area contributed by atoms with Gasteiger partial charge in [-0.05, 0) is 55.0 Å². The van der Waals surface area contributed by atoms with Gasteiger partial charge in [0.15, 0.2) is 5.82 Å². The molecule has 0 aliphatic heterocycles. The highest BCUT2D eigenvalue weighted by Crippen LogP contribution is 2.20. The fraction of sp³-hybridized carbons (Fsp3) is 0.0500. The van der Waals surface area contributed by atoms with Crippen LogP contribution >= 0.6 is 0 Å². The third-order valence-corrected chi connectivity index (χ3v) is 4.11. The van der Waals surface area contributed by atoms with Crippen molar-refractivity contribution in [3.8, 4) is 11.5 Å². The summed E-state index contributed by atoms with van der Waals surface area (Å²) >= 11 is 0. The maximum Gasteiger partial charge on any atom is 0.255 e. The molecule has 4 rings (SSSR count). The highest BCUT2D eigenvalue weighted by atomic mass is 16.1. The predicted octanol–water partition coefficient (Wildman–Crippen LogP) is 3.62.